The lowest BCUT2D eigenvalue weighted by Gasteiger charge is -2.20. The molecule has 0 N–H and O–H groups in total. The Bertz CT molecular complexity index is 656. The van der Waals surface area contributed by atoms with Gasteiger partial charge in [-0.15, -0.1) is 0 Å². The fourth-order valence-corrected chi connectivity index (χ4v) is 2.04. The van der Waals surface area contributed by atoms with E-state index in [2.05, 4.69) is 60.4 Å². The molecule has 0 heterocycles. The van der Waals surface area contributed by atoms with Crippen molar-refractivity contribution in [3.8, 4) is 0 Å². The predicted molar refractivity (Wildman–Crippen MR) is 110 cm³/mol. The second-order valence-electron chi connectivity index (χ2n) is 5.17. The van der Waals surface area contributed by atoms with Gasteiger partial charge >= 0.3 is 0 Å². The van der Waals surface area contributed by atoms with E-state index in [1.54, 1.807) is 19.3 Å². The van der Waals surface area contributed by atoms with Crippen LogP contribution in [0.5, 0.6) is 0 Å². The summed E-state index contributed by atoms with van der Waals surface area (Å²) in [6, 6.07) is 8.46. The van der Waals surface area contributed by atoms with Crippen LogP contribution in [0.15, 0.2) is 96.6 Å². The van der Waals surface area contributed by atoms with Gasteiger partial charge in [-0.2, -0.15) is 0 Å². The highest BCUT2D eigenvalue weighted by atomic mass is 15.1. The van der Waals surface area contributed by atoms with Crippen molar-refractivity contribution in [3.63, 3.8) is 0 Å². The Morgan fingerprint density at radius 2 is 1.71 bits per heavy atom. The van der Waals surface area contributed by atoms with Crippen LogP contribution in [-0.4, -0.2) is 26.9 Å². The largest absolute Gasteiger partial charge is 0.370 e. The van der Waals surface area contributed by atoms with Crippen LogP contribution >= 0.6 is 0 Å². The van der Waals surface area contributed by atoms with Gasteiger partial charge in [-0.1, -0.05) is 73.9 Å². The molecule has 0 bridgehead atoms. The van der Waals surface area contributed by atoms with E-state index in [1.165, 1.54) is 11.3 Å². The lowest BCUT2D eigenvalue weighted by atomic mass is 10.1. The third kappa shape index (κ3) is 7.41. The normalized spacial score (nSPS) is 12.7. The van der Waals surface area contributed by atoms with Gasteiger partial charge in [0, 0.05) is 32.5 Å². The van der Waals surface area contributed by atoms with Crippen LogP contribution in [0.4, 0.5) is 5.69 Å². The molecule has 0 radical (unpaired) electrons. The summed E-state index contributed by atoms with van der Waals surface area (Å²) in [5.41, 5.74) is 3.48. The van der Waals surface area contributed by atoms with E-state index < -0.39 is 0 Å². The lowest BCUT2D eigenvalue weighted by molar-refractivity contribution is 1.00. The van der Waals surface area contributed by atoms with Crippen LogP contribution in [0.2, 0.25) is 0 Å². The molecule has 0 aromatic heterocycles. The minimum absolute atomic E-state index is 0.806. The highest BCUT2D eigenvalue weighted by Gasteiger charge is 2.01. The van der Waals surface area contributed by atoms with Crippen molar-refractivity contribution in [2.24, 2.45) is 4.99 Å². The summed E-state index contributed by atoms with van der Waals surface area (Å²) in [6.07, 6.45) is 19.3. The molecule has 24 heavy (non-hydrogen) atoms. The molecule has 0 aliphatic rings. The van der Waals surface area contributed by atoms with Gasteiger partial charge in [-0.3, -0.25) is 4.99 Å². The summed E-state index contributed by atoms with van der Waals surface area (Å²) in [5, 5.41) is 0. The molecule has 1 aromatic rings. The monoisotopic (exact) mass is 318 g/mol. The Balaban J connectivity index is 2.63. The summed E-state index contributed by atoms with van der Waals surface area (Å²) >= 11 is 0. The van der Waals surface area contributed by atoms with E-state index >= 15 is 0 Å². The Kier molecular flexibility index (Phi) is 9.32. The first-order chi connectivity index (χ1) is 11.7. The predicted octanol–water partition coefficient (Wildman–Crippen LogP) is 5.25. The van der Waals surface area contributed by atoms with Crippen molar-refractivity contribution >= 4 is 18.0 Å². The average Bonchev–Trinajstić information content (AvgIpc) is 2.61. The van der Waals surface area contributed by atoms with Crippen LogP contribution in [0.3, 0.4) is 0 Å². The average molecular weight is 318 g/mol. The molecule has 1 aromatic carbocycles. The standard InChI is InChI=1S/C22H26N2/c1-5-12-20(6-2)19-24(4)22-16-14-21(15-17-22)13-10-8-7-9-11-18-23-3/h5-18H,1-2,19H2,3-4H3/b8-7+,11-9-,13-10+,20-12+,23-18?. The summed E-state index contributed by atoms with van der Waals surface area (Å²) in [5.74, 6) is 0. The van der Waals surface area contributed by atoms with Gasteiger partial charge in [-0.25, -0.2) is 0 Å². The number of allylic oxidation sites excluding steroid dienone is 7. The molecule has 0 amide bonds. The van der Waals surface area contributed by atoms with Gasteiger partial charge in [0.2, 0.25) is 0 Å². The van der Waals surface area contributed by atoms with Gasteiger partial charge in [0.05, 0.1) is 0 Å². The van der Waals surface area contributed by atoms with Crippen LogP contribution < -0.4 is 4.90 Å². The SMILES string of the molecule is C=C/C=C(\C=C)CN(C)c1ccc(/C=C/C=C/C=C\C=NC)cc1. The Morgan fingerprint density at radius 1 is 1.04 bits per heavy atom. The van der Waals surface area contributed by atoms with Crippen molar-refractivity contribution < 1.29 is 0 Å². The maximum atomic E-state index is 3.88. The topological polar surface area (TPSA) is 15.6 Å². The van der Waals surface area contributed by atoms with E-state index in [9.17, 15) is 0 Å². The molecule has 2 nitrogen and oxygen atoms in total. The molecule has 0 saturated heterocycles. The first-order valence-electron chi connectivity index (χ1n) is 7.88. The zero-order valence-electron chi connectivity index (χ0n) is 14.6. The summed E-state index contributed by atoms with van der Waals surface area (Å²) < 4.78 is 0. The minimum atomic E-state index is 0.806. The summed E-state index contributed by atoms with van der Waals surface area (Å²) in [7, 11) is 3.82. The smallest absolute Gasteiger partial charge is 0.0425 e. The molecular formula is C22H26N2. The van der Waals surface area contributed by atoms with Crippen molar-refractivity contribution in [2.75, 3.05) is 25.5 Å². The van der Waals surface area contributed by atoms with Crippen molar-refractivity contribution in [3.05, 3.63) is 97.2 Å². The third-order valence-corrected chi connectivity index (χ3v) is 3.32. The zero-order chi connectivity index (χ0) is 17.6. The number of hydrogen-bond acceptors (Lipinski definition) is 2. The Morgan fingerprint density at radius 3 is 2.33 bits per heavy atom. The number of nitrogens with zero attached hydrogens (tertiary/aromatic N) is 2. The van der Waals surface area contributed by atoms with E-state index in [1.807, 2.05) is 42.5 Å². The van der Waals surface area contributed by atoms with Crippen LogP contribution in [-0.2, 0) is 0 Å². The number of rotatable bonds is 9. The van der Waals surface area contributed by atoms with Gasteiger partial charge in [0.25, 0.3) is 0 Å². The third-order valence-electron chi connectivity index (χ3n) is 3.32. The first kappa shape index (κ1) is 19.2. The molecule has 0 unspecified atom stereocenters. The van der Waals surface area contributed by atoms with Crippen LogP contribution in [0, 0.1) is 0 Å². The lowest BCUT2D eigenvalue weighted by Crippen LogP contribution is -2.19. The fourth-order valence-electron chi connectivity index (χ4n) is 2.04. The molecule has 1 rings (SSSR count). The Hall–Kier alpha value is -2.87. The van der Waals surface area contributed by atoms with Crippen molar-refractivity contribution in [1.82, 2.24) is 0 Å². The van der Waals surface area contributed by atoms with E-state index in [4.69, 9.17) is 0 Å². The number of likely N-dealkylation sites (N-methyl/N-ethyl adjacent to an activating group) is 1. The summed E-state index contributed by atoms with van der Waals surface area (Å²) in [4.78, 5) is 6.06. The quantitative estimate of drug-likeness (QED) is 0.448. The molecule has 0 spiro atoms. The maximum absolute atomic E-state index is 3.88. The highest BCUT2D eigenvalue weighted by molar-refractivity contribution is 5.71. The molecule has 124 valence electrons. The minimum Gasteiger partial charge on any atom is -0.370 e. The molecule has 0 aliphatic heterocycles. The fraction of sp³-hybridized carbons (Fsp3) is 0.136. The number of benzene rings is 1. The number of hydrogen-bond donors (Lipinski definition) is 0. The second kappa shape index (κ2) is 11.7. The number of anilines is 1. The van der Waals surface area contributed by atoms with Gasteiger partial charge in [0.1, 0.15) is 0 Å². The molecule has 2 heteroatoms. The first-order valence-corrected chi connectivity index (χ1v) is 7.88. The van der Waals surface area contributed by atoms with Crippen LogP contribution in [0.25, 0.3) is 6.08 Å². The molecule has 0 aliphatic carbocycles. The second-order valence-corrected chi connectivity index (χ2v) is 5.17. The number of aliphatic imine (C=N–C) groups is 1. The molecular weight excluding hydrogens is 292 g/mol. The Labute approximate surface area is 146 Å². The van der Waals surface area contributed by atoms with Crippen molar-refractivity contribution in [2.45, 2.75) is 0 Å². The van der Waals surface area contributed by atoms with Crippen molar-refractivity contribution in [1.29, 1.82) is 0 Å². The van der Waals surface area contributed by atoms with Gasteiger partial charge in [-0.05, 0) is 29.3 Å². The molecule has 0 fully saturated rings. The van der Waals surface area contributed by atoms with E-state index in [0.29, 0.717) is 0 Å². The van der Waals surface area contributed by atoms with E-state index in [0.717, 1.165) is 12.1 Å². The van der Waals surface area contributed by atoms with Crippen LogP contribution in [0.1, 0.15) is 5.56 Å². The highest BCUT2D eigenvalue weighted by Crippen LogP contribution is 2.16. The molecule has 0 atom stereocenters. The van der Waals surface area contributed by atoms with Gasteiger partial charge < -0.3 is 4.90 Å². The van der Waals surface area contributed by atoms with Gasteiger partial charge in [0.15, 0.2) is 0 Å². The maximum Gasteiger partial charge on any atom is 0.0425 e. The summed E-state index contributed by atoms with van der Waals surface area (Å²) in [6.45, 7) is 8.37. The molecule has 0 saturated carbocycles. The van der Waals surface area contributed by atoms with E-state index in [-0.39, 0.29) is 0 Å². The zero-order valence-corrected chi connectivity index (χ0v) is 14.6.